The van der Waals surface area contributed by atoms with Crippen LogP contribution in [0.5, 0.6) is 0 Å². The maximum Gasteiger partial charge on any atom is 0.0146 e. The topological polar surface area (TPSA) is 88.9 Å². The minimum atomic E-state index is -2.00. The monoisotopic (exact) mass is 1340 g/mol. The number of aryl methyl sites for hydroxylation is 12. The third kappa shape index (κ3) is 17.6. The Morgan fingerprint density at radius 1 is 0.550 bits per heavy atom. The van der Waals surface area contributed by atoms with Gasteiger partial charge in [0.15, 0.2) is 0 Å². The van der Waals surface area contributed by atoms with Crippen LogP contribution in [-0.2, 0) is 31.8 Å². The molecular weight excluding hydrogens is 1260 g/mol. The number of carbonyl (C=O) groups is 1. The summed E-state index contributed by atoms with van der Waals surface area (Å²) in [6, 6.07) is 28.3. The van der Waals surface area contributed by atoms with Crippen molar-refractivity contribution in [2.75, 3.05) is 90.4 Å². The molecule has 0 atom stereocenters. The fraction of sp³-hybridized carbons (Fsp3) is 0.349. The number of hydrogen-bond donors (Lipinski definition) is 0. The van der Waals surface area contributed by atoms with Gasteiger partial charge in [0.2, 0.25) is 0 Å². The number of hydrogen-bond acceptors (Lipinski definition) is 10. The number of ether oxygens (including phenoxy) is 1. The SMILES string of the molecule is CCN(C)c1ccc([N+](=O)[O-])cc1[CH]=[Ru]([Cl])[Cl].COC(=O)c1ccc(N(C)C)c([CH]=[Ru]([Cl])[Cl])c1.Cc1cc(C)c(N2[CH-]N(c3c(C)cc(C)cc3C)CC2)c(C)c1.Cc1cc(C)c(N2[CH-]N(c3c(C)cc(C)cc3C)CC2)c(C)c1. The zero-order valence-electron chi connectivity index (χ0n) is 49.4. The van der Waals surface area contributed by atoms with Crippen molar-refractivity contribution < 1.29 is 41.5 Å². The minimum Gasteiger partial charge on any atom is -0.502 e. The summed E-state index contributed by atoms with van der Waals surface area (Å²) in [5, 5.41) is 10.7. The van der Waals surface area contributed by atoms with E-state index in [4.69, 9.17) is 38.8 Å². The summed E-state index contributed by atoms with van der Waals surface area (Å²) in [6.45, 7) is 37.9. The molecule has 2 saturated heterocycles. The van der Waals surface area contributed by atoms with Gasteiger partial charge in [0, 0.05) is 48.9 Å². The van der Waals surface area contributed by atoms with E-state index in [1.165, 1.54) is 109 Å². The van der Waals surface area contributed by atoms with Crippen LogP contribution >= 0.6 is 38.8 Å². The van der Waals surface area contributed by atoms with Crippen LogP contribution in [0.1, 0.15) is 95.2 Å². The molecule has 0 unspecified atom stereocenters. The predicted octanol–water partition coefficient (Wildman–Crippen LogP) is 15.7. The molecule has 0 radical (unpaired) electrons. The van der Waals surface area contributed by atoms with E-state index < -0.39 is 32.0 Å². The van der Waals surface area contributed by atoms with Gasteiger partial charge in [0.25, 0.3) is 0 Å². The molecule has 6 aromatic carbocycles. The number of nitro groups is 1. The van der Waals surface area contributed by atoms with Crippen LogP contribution in [0.25, 0.3) is 0 Å². The Morgan fingerprint density at radius 2 is 0.863 bits per heavy atom. The maximum atomic E-state index is 11.4. The summed E-state index contributed by atoms with van der Waals surface area (Å²) in [6.07, 6.45) is 0. The van der Waals surface area contributed by atoms with Gasteiger partial charge in [-0.2, -0.15) is 13.3 Å². The molecule has 0 bridgehead atoms. The average Bonchev–Trinajstić information content (AvgIpc) is 4.04. The molecule has 0 saturated carbocycles. The molecule has 0 amide bonds. The Labute approximate surface area is 503 Å². The number of benzene rings is 6. The van der Waals surface area contributed by atoms with Crippen LogP contribution in [0.15, 0.2) is 84.9 Å². The summed E-state index contributed by atoms with van der Waals surface area (Å²) in [4.78, 5) is 35.3. The Hall–Kier alpha value is -4.86. The second-order valence-electron chi connectivity index (χ2n) is 20.8. The third-order valence-corrected chi connectivity index (χ3v) is 17.5. The van der Waals surface area contributed by atoms with Crippen molar-refractivity contribution >= 4 is 93.8 Å². The molecule has 2 aliphatic rings. The molecule has 0 spiro atoms. The van der Waals surface area contributed by atoms with E-state index in [2.05, 4.69) is 169 Å². The van der Waals surface area contributed by atoms with Crippen molar-refractivity contribution in [3.8, 4) is 0 Å². The number of anilines is 6. The molecule has 2 fully saturated rings. The molecule has 11 nitrogen and oxygen atoms in total. The van der Waals surface area contributed by atoms with E-state index in [-0.39, 0.29) is 11.7 Å². The molecule has 6 aromatic rings. The van der Waals surface area contributed by atoms with Gasteiger partial charge in [-0.3, -0.25) is 0 Å². The van der Waals surface area contributed by atoms with Gasteiger partial charge in [-0.25, -0.2) is 0 Å². The zero-order valence-corrected chi connectivity index (χ0v) is 55.9. The Morgan fingerprint density at radius 3 is 1.14 bits per heavy atom. The fourth-order valence-corrected chi connectivity index (χ4v) is 14.5. The normalized spacial score (nSPS) is 13.1. The largest absolute Gasteiger partial charge is 0.502 e. The van der Waals surface area contributed by atoms with Crippen molar-refractivity contribution in [3.05, 3.63) is 192 Å². The van der Waals surface area contributed by atoms with Crippen molar-refractivity contribution in [1.29, 1.82) is 0 Å². The van der Waals surface area contributed by atoms with Crippen LogP contribution in [-0.4, -0.2) is 81.1 Å². The van der Waals surface area contributed by atoms with E-state index >= 15 is 0 Å². The fourth-order valence-electron chi connectivity index (χ4n) is 10.9. The average molecular weight is 1340 g/mol. The quantitative estimate of drug-likeness (QED) is 0.0411. The molecular formula is C63H79Cl4N7O4Ru2-2. The zero-order chi connectivity index (χ0) is 59.4. The van der Waals surface area contributed by atoms with Gasteiger partial charge < -0.3 is 19.6 Å². The summed E-state index contributed by atoms with van der Waals surface area (Å²) in [7, 11) is 30.5. The van der Waals surface area contributed by atoms with E-state index in [1.54, 1.807) is 22.8 Å². The van der Waals surface area contributed by atoms with Crippen molar-refractivity contribution in [2.24, 2.45) is 0 Å². The standard InChI is InChI=1S/2C21H27N2.C11H13NO2.C10H12N2O2.4ClH.2Ru/c2*1-14-9-16(3)20(17(4)10-14)22-7-8-23(13-22)21-18(5)11-15(2)12-19(21)6;1-8-7-9(11(13)14-4)5-6-10(8)12(2)3;1-4-11(3)10-6-5-9(12(13)14)7-8(10)2;;;;;;/h2*9-13H,7-8H2,1-6H3;1,5-7H,2-4H3;2,5-7H,4H2,1,3H3;4*1H;;/q2*-1;;;;;;;2*+2/p-4. The van der Waals surface area contributed by atoms with Crippen LogP contribution in [0.4, 0.5) is 39.8 Å². The molecule has 436 valence electrons. The number of methoxy groups -OCH3 is 1. The summed E-state index contributed by atoms with van der Waals surface area (Å²) >= 11 is -3.93. The number of nitro benzene ring substituents is 1. The first kappa shape index (κ1) is 65.9. The van der Waals surface area contributed by atoms with E-state index in [0.29, 0.717) is 5.56 Å². The number of non-ortho nitro benzene ring substituents is 1. The van der Waals surface area contributed by atoms with Crippen molar-refractivity contribution in [1.82, 2.24) is 0 Å². The third-order valence-electron chi connectivity index (χ3n) is 13.8. The number of rotatable bonds is 11. The first-order chi connectivity index (χ1) is 37.6. The number of nitrogens with zero attached hydrogens (tertiary/aromatic N) is 7. The van der Waals surface area contributed by atoms with Crippen LogP contribution in [0, 0.1) is 107 Å². The molecule has 8 rings (SSSR count). The van der Waals surface area contributed by atoms with E-state index in [9.17, 15) is 14.9 Å². The maximum absolute atomic E-state index is 11.4. The summed E-state index contributed by atoms with van der Waals surface area (Å²) in [5.41, 5.74) is 25.7. The summed E-state index contributed by atoms with van der Waals surface area (Å²) in [5.74, 6) is -0.368. The molecule has 17 heteroatoms. The Kier molecular flexibility index (Phi) is 24.7. The molecule has 2 heterocycles. The summed E-state index contributed by atoms with van der Waals surface area (Å²) < 4.78 is 8.22. The van der Waals surface area contributed by atoms with Crippen LogP contribution in [0.2, 0.25) is 0 Å². The number of esters is 1. The molecule has 80 heavy (non-hydrogen) atoms. The number of halogens is 4. The van der Waals surface area contributed by atoms with Crippen LogP contribution in [0.3, 0.4) is 0 Å². The molecule has 2 aliphatic heterocycles. The Balaban J connectivity index is 0.000000198. The van der Waals surface area contributed by atoms with Crippen LogP contribution < -0.4 is 29.4 Å². The second-order valence-corrected chi connectivity index (χ2v) is 32.2. The Bertz CT molecular complexity index is 2920. The molecule has 0 N–H and O–H groups in total. The van der Waals surface area contributed by atoms with E-state index in [0.717, 1.165) is 55.2 Å². The van der Waals surface area contributed by atoms with Gasteiger partial charge in [-0.15, -0.1) is 0 Å². The van der Waals surface area contributed by atoms with E-state index in [1.807, 2.05) is 48.5 Å². The first-order valence-corrected chi connectivity index (χ1v) is 37.2. The molecule has 0 aromatic heterocycles. The first-order valence-electron chi connectivity index (χ1n) is 26.3. The van der Waals surface area contributed by atoms with Gasteiger partial charge >= 0.3 is 227 Å². The predicted molar refractivity (Wildman–Crippen MR) is 338 cm³/mol. The van der Waals surface area contributed by atoms with Crippen molar-refractivity contribution in [3.63, 3.8) is 0 Å². The smallest absolute Gasteiger partial charge is 0.0146 e. The van der Waals surface area contributed by atoms with Gasteiger partial charge in [0.1, 0.15) is 0 Å². The van der Waals surface area contributed by atoms with Gasteiger partial charge in [0.05, 0.1) is 0 Å². The minimum absolute atomic E-state index is 0.0493. The van der Waals surface area contributed by atoms with Gasteiger partial charge in [-0.1, -0.05) is 70.8 Å². The second kappa shape index (κ2) is 29.9. The number of carbonyl (C=O) groups excluding carboxylic acids is 1. The van der Waals surface area contributed by atoms with Crippen molar-refractivity contribution in [2.45, 2.75) is 90.0 Å². The van der Waals surface area contributed by atoms with Gasteiger partial charge in [-0.05, 0) is 128 Å². The molecule has 0 aliphatic carbocycles.